The van der Waals surface area contributed by atoms with Crippen LogP contribution in [-0.2, 0) is 11.2 Å². The highest BCUT2D eigenvalue weighted by atomic mass is 16.1. The molecule has 1 aromatic carbocycles. The number of carbonyl (C=O) groups excluding carboxylic acids is 1. The molecule has 0 radical (unpaired) electrons. The summed E-state index contributed by atoms with van der Waals surface area (Å²) in [4.78, 5) is 11.7. The maximum absolute atomic E-state index is 11.7. The number of allylic oxidation sites excluding steroid dienone is 1. The normalized spacial score (nSPS) is 10.0. The summed E-state index contributed by atoms with van der Waals surface area (Å²) in [7, 11) is 0. The Kier molecular flexibility index (Phi) is 4.29. The molecule has 1 rings (SSSR count). The first-order chi connectivity index (χ1) is 7.13. The second-order valence-electron chi connectivity index (χ2n) is 3.92. The average Bonchev–Trinajstić information content (AvgIpc) is 2.21. The molecule has 0 fully saturated rings. The van der Waals surface area contributed by atoms with Crippen LogP contribution in [0.25, 0.3) is 0 Å². The van der Waals surface area contributed by atoms with Crippen molar-refractivity contribution in [3.05, 3.63) is 47.5 Å². The van der Waals surface area contributed by atoms with Gasteiger partial charge in [-0.1, -0.05) is 43.3 Å². The highest BCUT2D eigenvalue weighted by Gasteiger charge is 2.06. The summed E-state index contributed by atoms with van der Waals surface area (Å²) in [6.07, 6.45) is 1.94. The van der Waals surface area contributed by atoms with E-state index in [9.17, 15) is 4.79 Å². The molecule has 0 aliphatic carbocycles. The minimum atomic E-state index is 0.260. The lowest BCUT2D eigenvalue weighted by molar-refractivity contribution is -0.117. The molecule has 0 aromatic heterocycles. The largest absolute Gasteiger partial charge is 0.299 e. The summed E-state index contributed by atoms with van der Waals surface area (Å²) in [5.74, 6) is 0.260. The van der Waals surface area contributed by atoms with Crippen LogP contribution in [0, 0.1) is 6.92 Å². The predicted octanol–water partition coefficient (Wildman–Crippen LogP) is 3.46. The Balaban J connectivity index is 2.59. The number of carbonyl (C=O) groups is 1. The molecular formula is C14H18O. The van der Waals surface area contributed by atoms with E-state index in [1.807, 2.05) is 38.1 Å². The van der Waals surface area contributed by atoms with E-state index in [1.54, 1.807) is 0 Å². The second-order valence-corrected chi connectivity index (χ2v) is 3.92. The Morgan fingerprint density at radius 2 is 2.00 bits per heavy atom. The fourth-order valence-electron chi connectivity index (χ4n) is 1.49. The topological polar surface area (TPSA) is 17.1 Å². The van der Waals surface area contributed by atoms with Gasteiger partial charge in [0.15, 0.2) is 0 Å². The molecule has 0 aliphatic rings. The lowest BCUT2D eigenvalue weighted by Gasteiger charge is -2.05. The highest BCUT2D eigenvalue weighted by molar-refractivity contribution is 5.83. The van der Waals surface area contributed by atoms with E-state index in [4.69, 9.17) is 0 Å². The molecule has 0 N–H and O–H groups in total. The van der Waals surface area contributed by atoms with Gasteiger partial charge >= 0.3 is 0 Å². The van der Waals surface area contributed by atoms with Crippen LogP contribution in [0.2, 0.25) is 0 Å². The van der Waals surface area contributed by atoms with E-state index in [0.717, 1.165) is 17.6 Å². The third-order valence-electron chi connectivity index (χ3n) is 2.60. The molecule has 0 bridgehead atoms. The first kappa shape index (κ1) is 11.7. The smallest absolute Gasteiger partial charge is 0.141 e. The molecule has 1 nitrogen and oxygen atoms in total. The van der Waals surface area contributed by atoms with Gasteiger partial charge in [0.25, 0.3) is 0 Å². The fraction of sp³-hybridized carbons (Fsp3) is 0.357. The van der Waals surface area contributed by atoms with E-state index >= 15 is 0 Å². The van der Waals surface area contributed by atoms with Gasteiger partial charge < -0.3 is 0 Å². The van der Waals surface area contributed by atoms with Gasteiger partial charge in [-0.05, 0) is 24.5 Å². The minimum Gasteiger partial charge on any atom is -0.299 e. The Labute approximate surface area is 91.8 Å². The molecule has 0 aliphatic heterocycles. The van der Waals surface area contributed by atoms with E-state index in [-0.39, 0.29) is 5.78 Å². The summed E-state index contributed by atoms with van der Waals surface area (Å²) < 4.78 is 0. The van der Waals surface area contributed by atoms with Crippen molar-refractivity contribution in [1.82, 2.24) is 0 Å². The zero-order valence-electron chi connectivity index (χ0n) is 9.55. The van der Waals surface area contributed by atoms with Crippen molar-refractivity contribution in [2.45, 2.75) is 33.1 Å². The van der Waals surface area contributed by atoms with Crippen molar-refractivity contribution in [2.75, 3.05) is 0 Å². The molecule has 0 spiro atoms. The molecule has 0 amide bonds. The number of rotatable bonds is 5. The number of hydrogen-bond acceptors (Lipinski definition) is 1. The van der Waals surface area contributed by atoms with E-state index in [2.05, 4.69) is 6.58 Å². The van der Waals surface area contributed by atoms with E-state index in [0.29, 0.717) is 12.8 Å². The van der Waals surface area contributed by atoms with Gasteiger partial charge in [0.2, 0.25) is 0 Å². The van der Waals surface area contributed by atoms with Crippen molar-refractivity contribution >= 4 is 5.78 Å². The van der Waals surface area contributed by atoms with Crippen LogP contribution in [0.1, 0.15) is 30.9 Å². The quantitative estimate of drug-likeness (QED) is 0.668. The molecule has 0 unspecified atom stereocenters. The van der Waals surface area contributed by atoms with Crippen LogP contribution in [-0.4, -0.2) is 5.78 Å². The lowest BCUT2D eigenvalue weighted by atomic mass is 9.99. The standard InChI is InChI=1S/C14H18O/c1-4-11(2)9-14(15)10-13-8-6-5-7-12(13)3/h5-8H,2,4,9-10H2,1,3H3. The fourth-order valence-corrected chi connectivity index (χ4v) is 1.49. The maximum Gasteiger partial charge on any atom is 0.141 e. The summed E-state index contributed by atoms with van der Waals surface area (Å²) in [5, 5.41) is 0. The summed E-state index contributed by atoms with van der Waals surface area (Å²) >= 11 is 0. The van der Waals surface area contributed by atoms with Gasteiger partial charge in [0, 0.05) is 12.8 Å². The minimum absolute atomic E-state index is 0.260. The zero-order chi connectivity index (χ0) is 11.3. The van der Waals surface area contributed by atoms with Crippen molar-refractivity contribution in [3.63, 3.8) is 0 Å². The van der Waals surface area contributed by atoms with Crippen molar-refractivity contribution in [2.24, 2.45) is 0 Å². The molecule has 1 heteroatoms. The molecule has 0 saturated heterocycles. The molecule has 0 atom stereocenters. The highest BCUT2D eigenvalue weighted by Crippen LogP contribution is 2.11. The van der Waals surface area contributed by atoms with Gasteiger partial charge in [-0.2, -0.15) is 0 Å². The van der Waals surface area contributed by atoms with Crippen LogP contribution in [0.4, 0.5) is 0 Å². The number of hydrogen-bond donors (Lipinski definition) is 0. The van der Waals surface area contributed by atoms with Crippen LogP contribution >= 0.6 is 0 Å². The maximum atomic E-state index is 11.7. The molecule has 15 heavy (non-hydrogen) atoms. The monoisotopic (exact) mass is 202 g/mol. The van der Waals surface area contributed by atoms with Crippen molar-refractivity contribution in [1.29, 1.82) is 0 Å². The van der Waals surface area contributed by atoms with E-state index < -0.39 is 0 Å². The van der Waals surface area contributed by atoms with Gasteiger partial charge in [-0.15, -0.1) is 0 Å². The average molecular weight is 202 g/mol. The Morgan fingerprint density at radius 1 is 1.33 bits per heavy atom. The van der Waals surface area contributed by atoms with Gasteiger partial charge in [0.1, 0.15) is 5.78 Å². The Bertz CT molecular complexity index is 363. The molecule has 0 saturated carbocycles. The zero-order valence-corrected chi connectivity index (χ0v) is 9.55. The van der Waals surface area contributed by atoms with Crippen molar-refractivity contribution in [3.8, 4) is 0 Å². The second kappa shape index (κ2) is 5.50. The molecule has 1 aromatic rings. The summed E-state index contributed by atoms with van der Waals surface area (Å²) in [6, 6.07) is 8.03. The Hall–Kier alpha value is -1.37. The Morgan fingerprint density at radius 3 is 2.60 bits per heavy atom. The van der Waals surface area contributed by atoms with Gasteiger partial charge in [0.05, 0.1) is 0 Å². The van der Waals surface area contributed by atoms with Crippen LogP contribution in [0.15, 0.2) is 36.4 Å². The number of benzene rings is 1. The predicted molar refractivity (Wildman–Crippen MR) is 63.9 cm³/mol. The third kappa shape index (κ3) is 3.70. The first-order valence-corrected chi connectivity index (χ1v) is 5.36. The van der Waals surface area contributed by atoms with Crippen LogP contribution in [0.3, 0.4) is 0 Å². The molecule has 80 valence electrons. The van der Waals surface area contributed by atoms with Crippen LogP contribution < -0.4 is 0 Å². The summed E-state index contributed by atoms with van der Waals surface area (Å²) in [6.45, 7) is 7.93. The number of ketones is 1. The molecular weight excluding hydrogens is 184 g/mol. The SMILES string of the molecule is C=C(CC)CC(=O)Cc1ccccc1C. The van der Waals surface area contributed by atoms with Crippen LogP contribution in [0.5, 0.6) is 0 Å². The van der Waals surface area contributed by atoms with Gasteiger partial charge in [-0.3, -0.25) is 4.79 Å². The number of aryl methyl sites for hydroxylation is 1. The summed E-state index contributed by atoms with van der Waals surface area (Å²) in [5.41, 5.74) is 3.34. The van der Waals surface area contributed by atoms with Crippen molar-refractivity contribution < 1.29 is 4.79 Å². The number of Topliss-reactive ketones (excluding diaryl/α,β-unsaturated/α-hetero) is 1. The molecule has 0 heterocycles. The third-order valence-corrected chi connectivity index (χ3v) is 2.60. The van der Waals surface area contributed by atoms with Gasteiger partial charge in [-0.25, -0.2) is 0 Å². The lowest BCUT2D eigenvalue weighted by Crippen LogP contribution is -2.04. The first-order valence-electron chi connectivity index (χ1n) is 5.36. The van der Waals surface area contributed by atoms with E-state index in [1.165, 1.54) is 5.56 Å².